The lowest BCUT2D eigenvalue weighted by molar-refractivity contribution is -0.333. The molecular weight excluding hydrogens is 510 g/mol. The topological polar surface area (TPSA) is 168 Å². The predicted molar refractivity (Wildman–Crippen MR) is 131 cm³/mol. The maximum absolute atomic E-state index is 13.4. The Hall–Kier alpha value is -3.03. The number of aliphatic hydroxyl groups is 5. The van der Waals surface area contributed by atoms with Crippen molar-refractivity contribution >= 4 is 34.4 Å². The van der Waals surface area contributed by atoms with Gasteiger partial charge < -0.3 is 30.3 Å². The summed E-state index contributed by atoms with van der Waals surface area (Å²) in [6, 6.07) is 11.4. The first kappa shape index (κ1) is 28.5. The monoisotopic (exact) mass is 537 g/mol. The number of nitrogens with zero attached hydrogens (tertiary/aromatic N) is 1. The number of hydrogen-bond acceptors (Lipinski definition) is 10. The van der Waals surface area contributed by atoms with Gasteiger partial charge in [0.25, 0.3) is 5.91 Å². The summed E-state index contributed by atoms with van der Waals surface area (Å²) in [5, 5.41) is 48.8. The van der Waals surface area contributed by atoms with E-state index < -0.39 is 43.6 Å². The summed E-state index contributed by atoms with van der Waals surface area (Å²) in [5.41, 5.74) is 1.76. The van der Waals surface area contributed by atoms with E-state index in [1.165, 1.54) is 11.7 Å². The minimum Gasteiger partial charge on any atom is -0.497 e. The van der Waals surface area contributed by atoms with Crippen LogP contribution in [0.15, 0.2) is 42.5 Å². The van der Waals surface area contributed by atoms with Crippen LogP contribution in [0.4, 0.5) is 0 Å². The molecule has 0 bridgehead atoms. The maximum atomic E-state index is 13.4. The quantitative estimate of drug-likeness (QED) is 0.174. The zero-order valence-corrected chi connectivity index (χ0v) is 20.8. The van der Waals surface area contributed by atoms with Gasteiger partial charge in [-0.2, -0.15) is 4.89 Å². The van der Waals surface area contributed by atoms with E-state index in [1.807, 2.05) is 0 Å². The Bertz CT molecular complexity index is 1240. The van der Waals surface area contributed by atoms with Crippen molar-refractivity contribution in [3.63, 3.8) is 0 Å². The number of benzene rings is 2. The number of ether oxygens (including phenoxy) is 1. The van der Waals surface area contributed by atoms with Gasteiger partial charge in [0.2, 0.25) is 0 Å². The van der Waals surface area contributed by atoms with E-state index in [0.717, 1.165) is 0 Å². The van der Waals surface area contributed by atoms with Crippen molar-refractivity contribution in [1.82, 2.24) is 4.57 Å². The molecule has 3 aromatic rings. The van der Waals surface area contributed by atoms with Crippen molar-refractivity contribution in [3.8, 4) is 5.75 Å². The molecule has 4 atom stereocenters. The average Bonchev–Trinajstić information content (AvgIpc) is 3.17. The number of rotatable bonds is 11. The van der Waals surface area contributed by atoms with Crippen molar-refractivity contribution in [1.29, 1.82) is 0 Å². The van der Waals surface area contributed by atoms with Gasteiger partial charge in [0.15, 0.2) is 6.10 Å². The second-order valence-corrected chi connectivity index (χ2v) is 8.71. The third-order valence-corrected chi connectivity index (χ3v) is 6.15. The number of halogens is 1. The second-order valence-electron chi connectivity index (χ2n) is 8.28. The van der Waals surface area contributed by atoms with Gasteiger partial charge in [0, 0.05) is 21.7 Å². The van der Waals surface area contributed by atoms with E-state index in [0.29, 0.717) is 38.5 Å². The highest BCUT2D eigenvalue weighted by Gasteiger charge is 2.35. The highest BCUT2D eigenvalue weighted by atomic mass is 35.5. The van der Waals surface area contributed by atoms with Crippen LogP contribution >= 0.6 is 11.6 Å². The van der Waals surface area contributed by atoms with Crippen molar-refractivity contribution in [2.45, 2.75) is 37.8 Å². The van der Waals surface area contributed by atoms with Gasteiger partial charge in [-0.05, 0) is 55.0 Å². The van der Waals surface area contributed by atoms with Crippen LogP contribution in [0.2, 0.25) is 5.02 Å². The third kappa shape index (κ3) is 6.28. The predicted octanol–water partition coefficient (Wildman–Crippen LogP) is 0.753. The largest absolute Gasteiger partial charge is 0.497 e. The van der Waals surface area contributed by atoms with Crippen LogP contribution in [0.25, 0.3) is 10.9 Å². The molecule has 0 aliphatic rings. The lowest BCUT2D eigenvalue weighted by Crippen LogP contribution is -2.49. The molecule has 0 amide bonds. The van der Waals surface area contributed by atoms with Crippen molar-refractivity contribution in [2.75, 3.05) is 20.3 Å². The lowest BCUT2D eigenvalue weighted by Gasteiger charge is -2.27. The minimum absolute atomic E-state index is 0.354. The first-order chi connectivity index (χ1) is 17.6. The van der Waals surface area contributed by atoms with E-state index in [9.17, 15) is 30.0 Å². The van der Waals surface area contributed by atoms with E-state index in [-0.39, 0.29) is 12.3 Å². The van der Waals surface area contributed by atoms with Crippen LogP contribution < -0.4 is 4.74 Å². The van der Waals surface area contributed by atoms with E-state index in [4.69, 9.17) is 31.2 Å². The highest BCUT2D eigenvalue weighted by Crippen LogP contribution is 2.31. The molecule has 5 N–H and O–H groups in total. The summed E-state index contributed by atoms with van der Waals surface area (Å²) in [6.07, 6.45) is -7.45. The van der Waals surface area contributed by atoms with Crippen LogP contribution in [-0.4, -0.2) is 86.7 Å². The van der Waals surface area contributed by atoms with E-state index in [1.54, 1.807) is 49.4 Å². The maximum Gasteiger partial charge on any atom is 0.346 e. The molecule has 3 rings (SSSR count). The molecule has 0 aliphatic carbocycles. The van der Waals surface area contributed by atoms with Gasteiger partial charge in [-0.1, -0.05) is 11.6 Å². The molecule has 0 fully saturated rings. The molecule has 0 radical (unpaired) electrons. The molecule has 2 aromatic carbocycles. The van der Waals surface area contributed by atoms with E-state index >= 15 is 0 Å². The Balaban J connectivity index is 1.92. The van der Waals surface area contributed by atoms with Gasteiger partial charge >= 0.3 is 5.97 Å². The fraction of sp³-hybridized carbons (Fsp3) is 0.360. The first-order valence-electron chi connectivity index (χ1n) is 11.2. The fourth-order valence-electron chi connectivity index (χ4n) is 3.86. The van der Waals surface area contributed by atoms with Crippen LogP contribution in [0.1, 0.15) is 21.6 Å². The standard InChI is InChI=1S/C25H28ClNO10/c1-13-17(10-22(32)36-37-24(21(31)12-29)23(33)20(30)11-28)18-9-16(35-2)7-8-19(18)27(13)25(34)14-3-5-15(26)6-4-14/h3-9,20-21,23-24,28-31,33H,10-12H2,1-2H3/t20-,21+,23-,24-/m1/s1. The van der Waals surface area contributed by atoms with Crippen molar-refractivity contribution in [2.24, 2.45) is 0 Å². The molecular formula is C25H28ClNO10. The number of hydrogen-bond donors (Lipinski definition) is 5. The summed E-state index contributed by atoms with van der Waals surface area (Å²) in [4.78, 5) is 35.7. The fourth-order valence-corrected chi connectivity index (χ4v) is 3.98. The molecule has 1 heterocycles. The Morgan fingerprint density at radius 2 is 1.65 bits per heavy atom. The number of carbonyl (C=O) groups is 2. The molecule has 11 nitrogen and oxygen atoms in total. The van der Waals surface area contributed by atoms with Gasteiger partial charge in [-0.15, -0.1) is 0 Å². The molecule has 200 valence electrons. The molecule has 0 aliphatic heterocycles. The number of aliphatic hydroxyl groups excluding tert-OH is 5. The van der Waals surface area contributed by atoms with Crippen molar-refractivity contribution < 1.29 is 49.6 Å². The van der Waals surface area contributed by atoms with Crippen LogP contribution in [0.3, 0.4) is 0 Å². The number of carbonyl (C=O) groups excluding carboxylic acids is 2. The zero-order valence-electron chi connectivity index (χ0n) is 20.1. The van der Waals surface area contributed by atoms with Gasteiger partial charge in [-0.25, -0.2) is 4.79 Å². The van der Waals surface area contributed by atoms with Crippen LogP contribution in [0, 0.1) is 6.92 Å². The Morgan fingerprint density at radius 3 is 2.24 bits per heavy atom. The molecule has 12 heteroatoms. The highest BCUT2D eigenvalue weighted by molar-refractivity contribution is 6.30. The number of methoxy groups -OCH3 is 1. The van der Waals surface area contributed by atoms with Gasteiger partial charge in [0.1, 0.15) is 24.1 Å². The third-order valence-electron chi connectivity index (χ3n) is 5.89. The second kappa shape index (κ2) is 12.5. The molecule has 0 unspecified atom stereocenters. The Morgan fingerprint density at radius 1 is 1.00 bits per heavy atom. The van der Waals surface area contributed by atoms with Crippen LogP contribution in [0.5, 0.6) is 5.75 Å². The molecule has 1 aromatic heterocycles. The number of aromatic nitrogens is 1. The SMILES string of the molecule is COc1ccc2c(c1)c(CC(=O)OO[C@@H]([C@H](O)[C@H](O)CO)[C@@H](O)CO)c(C)n2C(=O)c1ccc(Cl)cc1. The summed E-state index contributed by atoms with van der Waals surface area (Å²) in [6.45, 7) is -0.0879. The zero-order chi connectivity index (χ0) is 27.3. The molecule has 37 heavy (non-hydrogen) atoms. The minimum atomic E-state index is -1.87. The van der Waals surface area contributed by atoms with Gasteiger partial charge in [-0.3, -0.25) is 14.2 Å². The Labute approximate surface area is 216 Å². The van der Waals surface area contributed by atoms with Gasteiger partial charge in [0.05, 0.1) is 32.3 Å². The summed E-state index contributed by atoms with van der Waals surface area (Å²) in [5.74, 6) is -0.820. The first-order valence-corrected chi connectivity index (χ1v) is 11.6. The van der Waals surface area contributed by atoms with Crippen molar-refractivity contribution in [3.05, 3.63) is 64.3 Å². The Kier molecular flexibility index (Phi) is 9.62. The normalized spacial score (nSPS) is 14.7. The summed E-state index contributed by atoms with van der Waals surface area (Å²) < 4.78 is 6.74. The summed E-state index contributed by atoms with van der Waals surface area (Å²) >= 11 is 5.94. The average molecular weight is 538 g/mol. The number of fused-ring (bicyclic) bond motifs is 1. The van der Waals surface area contributed by atoms with Crippen LogP contribution in [-0.2, 0) is 21.0 Å². The molecule has 0 spiro atoms. The van der Waals surface area contributed by atoms with E-state index in [2.05, 4.69) is 0 Å². The summed E-state index contributed by atoms with van der Waals surface area (Å²) in [7, 11) is 1.48. The lowest BCUT2D eigenvalue weighted by atomic mass is 10.0. The molecule has 0 saturated carbocycles. The smallest absolute Gasteiger partial charge is 0.346 e. The molecule has 0 saturated heterocycles.